The summed E-state index contributed by atoms with van der Waals surface area (Å²) in [6.07, 6.45) is -0.969. The first-order chi connectivity index (χ1) is 15.7. The summed E-state index contributed by atoms with van der Waals surface area (Å²) >= 11 is 0. The van der Waals surface area contributed by atoms with Crippen LogP contribution in [0.1, 0.15) is 50.7 Å². The molecule has 1 aliphatic carbocycles. The minimum absolute atomic E-state index is 0.00643. The number of fused-ring (bicyclic) bond motifs is 3. The van der Waals surface area contributed by atoms with Gasteiger partial charge in [-0.15, -0.1) is 0 Å². The molecule has 2 atom stereocenters. The zero-order valence-corrected chi connectivity index (χ0v) is 19.6. The van der Waals surface area contributed by atoms with Crippen LogP contribution in [0.4, 0.5) is 4.79 Å². The summed E-state index contributed by atoms with van der Waals surface area (Å²) in [5.74, 6) is -1.24. The highest BCUT2D eigenvalue weighted by Crippen LogP contribution is 2.44. The minimum Gasteiger partial charge on any atom is -0.481 e. The summed E-state index contributed by atoms with van der Waals surface area (Å²) in [5.41, 5.74) is 4.44. The Kier molecular flexibility index (Phi) is 7.74. The third-order valence-electron chi connectivity index (χ3n) is 6.50. The maximum Gasteiger partial charge on any atom is 0.407 e. The first-order valence-electron chi connectivity index (χ1n) is 11.3. The van der Waals surface area contributed by atoms with Crippen LogP contribution in [0.5, 0.6) is 0 Å². The standard InChI is InChI=1S/C26H32N2O5/c1-16(2)17(3)28(4)25(31)23(13-14-24(29)30)27-26(32)33-15-22-20-11-7-5-9-18(20)19-10-6-8-12-21(19)22/h5-12,16-17,22-23H,13-15H2,1-4H3,(H,27,32)(H,29,30). The molecule has 2 aromatic rings. The quantitative estimate of drug-likeness (QED) is 0.593. The number of carboxylic acids is 1. The molecule has 2 N–H and O–H groups in total. The molecule has 0 saturated heterocycles. The number of carbonyl (C=O) groups is 3. The van der Waals surface area contributed by atoms with Crippen LogP contribution in [-0.2, 0) is 14.3 Å². The van der Waals surface area contributed by atoms with E-state index in [1.54, 1.807) is 11.9 Å². The predicted octanol–water partition coefficient (Wildman–Crippen LogP) is 4.26. The van der Waals surface area contributed by atoms with E-state index in [0.717, 1.165) is 22.3 Å². The summed E-state index contributed by atoms with van der Waals surface area (Å²) in [6.45, 7) is 6.04. The van der Waals surface area contributed by atoms with Gasteiger partial charge in [0.2, 0.25) is 5.91 Å². The summed E-state index contributed by atoms with van der Waals surface area (Å²) in [6, 6.07) is 15.0. The Morgan fingerprint density at radius 2 is 1.55 bits per heavy atom. The van der Waals surface area contributed by atoms with Gasteiger partial charge in [0.05, 0.1) is 0 Å². The van der Waals surface area contributed by atoms with Crippen molar-refractivity contribution in [1.82, 2.24) is 10.2 Å². The van der Waals surface area contributed by atoms with Gasteiger partial charge in [-0.2, -0.15) is 0 Å². The number of rotatable bonds is 9. The van der Waals surface area contributed by atoms with E-state index in [1.165, 1.54) is 0 Å². The maximum atomic E-state index is 13.0. The fourth-order valence-electron chi connectivity index (χ4n) is 4.20. The molecule has 33 heavy (non-hydrogen) atoms. The number of carbonyl (C=O) groups excluding carboxylic acids is 2. The Labute approximate surface area is 194 Å². The van der Waals surface area contributed by atoms with Crippen molar-refractivity contribution in [2.24, 2.45) is 5.92 Å². The number of carboxylic acid groups (broad SMARTS) is 1. The fourth-order valence-corrected chi connectivity index (χ4v) is 4.20. The van der Waals surface area contributed by atoms with Crippen LogP contribution in [-0.4, -0.2) is 53.7 Å². The molecule has 0 radical (unpaired) electrons. The smallest absolute Gasteiger partial charge is 0.407 e. The molecule has 176 valence electrons. The van der Waals surface area contributed by atoms with Gasteiger partial charge in [-0.3, -0.25) is 9.59 Å². The van der Waals surface area contributed by atoms with E-state index >= 15 is 0 Å². The molecule has 2 aromatic carbocycles. The monoisotopic (exact) mass is 452 g/mol. The van der Waals surface area contributed by atoms with Gasteiger partial charge in [-0.05, 0) is 41.5 Å². The molecule has 0 aromatic heterocycles. The van der Waals surface area contributed by atoms with Crippen molar-refractivity contribution in [3.8, 4) is 11.1 Å². The molecule has 7 heteroatoms. The lowest BCUT2D eigenvalue weighted by atomic mass is 9.98. The summed E-state index contributed by atoms with van der Waals surface area (Å²) < 4.78 is 5.55. The van der Waals surface area contributed by atoms with E-state index in [1.807, 2.05) is 57.2 Å². The highest BCUT2D eigenvalue weighted by molar-refractivity contribution is 5.86. The Hall–Kier alpha value is -3.35. The van der Waals surface area contributed by atoms with Gasteiger partial charge in [0.15, 0.2) is 0 Å². The van der Waals surface area contributed by atoms with Crippen molar-refractivity contribution in [2.75, 3.05) is 13.7 Å². The van der Waals surface area contributed by atoms with Gasteiger partial charge < -0.3 is 20.1 Å². The number of hydrogen-bond acceptors (Lipinski definition) is 4. The molecule has 0 bridgehead atoms. The molecule has 7 nitrogen and oxygen atoms in total. The van der Waals surface area contributed by atoms with E-state index in [0.29, 0.717) is 0 Å². The maximum absolute atomic E-state index is 13.0. The van der Waals surface area contributed by atoms with E-state index in [-0.39, 0.29) is 43.2 Å². The third kappa shape index (κ3) is 5.53. The molecule has 2 unspecified atom stereocenters. The fraction of sp³-hybridized carbons (Fsp3) is 0.423. The van der Waals surface area contributed by atoms with Crippen molar-refractivity contribution in [1.29, 1.82) is 0 Å². The molecule has 3 rings (SSSR count). The van der Waals surface area contributed by atoms with Crippen LogP contribution < -0.4 is 5.32 Å². The Morgan fingerprint density at radius 1 is 1.00 bits per heavy atom. The number of aliphatic carboxylic acids is 1. The lowest BCUT2D eigenvalue weighted by molar-refractivity contribution is -0.138. The van der Waals surface area contributed by atoms with Crippen molar-refractivity contribution in [3.05, 3.63) is 59.7 Å². The van der Waals surface area contributed by atoms with Crippen molar-refractivity contribution in [3.63, 3.8) is 0 Å². The molecular weight excluding hydrogens is 420 g/mol. The lowest BCUT2D eigenvalue weighted by Gasteiger charge is -2.31. The normalized spacial score (nSPS) is 14.2. The van der Waals surface area contributed by atoms with E-state index in [4.69, 9.17) is 9.84 Å². The minimum atomic E-state index is -1.03. The number of likely N-dealkylation sites (N-methyl/N-ethyl adjacent to an activating group) is 1. The average Bonchev–Trinajstić information content (AvgIpc) is 3.12. The van der Waals surface area contributed by atoms with Crippen LogP contribution in [0.2, 0.25) is 0 Å². The summed E-state index contributed by atoms with van der Waals surface area (Å²) in [4.78, 5) is 38.3. The number of nitrogens with one attached hydrogen (secondary N) is 1. The zero-order valence-electron chi connectivity index (χ0n) is 19.6. The first-order valence-corrected chi connectivity index (χ1v) is 11.3. The number of hydrogen-bond donors (Lipinski definition) is 2. The van der Waals surface area contributed by atoms with E-state index in [2.05, 4.69) is 17.4 Å². The van der Waals surface area contributed by atoms with Gasteiger partial charge in [0.1, 0.15) is 12.6 Å². The zero-order chi connectivity index (χ0) is 24.1. The Morgan fingerprint density at radius 3 is 2.06 bits per heavy atom. The van der Waals surface area contributed by atoms with E-state index < -0.39 is 18.1 Å². The molecule has 0 heterocycles. The van der Waals surface area contributed by atoms with Crippen LogP contribution >= 0.6 is 0 Å². The van der Waals surface area contributed by atoms with Crippen molar-refractivity contribution >= 4 is 18.0 Å². The number of benzene rings is 2. The Bertz CT molecular complexity index is 974. The molecule has 0 fully saturated rings. The van der Waals surface area contributed by atoms with Crippen LogP contribution in [0.3, 0.4) is 0 Å². The molecular formula is C26H32N2O5. The predicted molar refractivity (Wildman–Crippen MR) is 126 cm³/mol. The molecule has 0 aliphatic heterocycles. The summed E-state index contributed by atoms with van der Waals surface area (Å²) in [7, 11) is 1.67. The second kappa shape index (κ2) is 10.5. The number of alkyl carbamates (subject to hydrolysis) is 1. The molecule has 2 amide bonds. The van der Waals surface area contributed by atoms with Gasteiger partial charge in [0.25, 0.3) is 0 Å². The number of ether oxygens (including phenoxy) is 1. The average molecular weight is 453 g/mol. The number of nitrogens with zero attached hydrogens (tertiary/aromatic N) is 1. The van der Waals surface area contributed by atoms with Gasteiger partial charge in [0, 0.05) is 25.4 Å². The SMILES string of the molecule is CC(C)C(C)N(C)C(=O)C(CCC(=O)O)NC(=O)OCC1c2ccccc2-c2ccccc21. The van der Waals surface area contributed by atoms with Crippen molar-refractivity contribution in [2.45, 2.75) is 51.6 Å². The van der Waals surface area contributed by atoms with Gasteiger partial charge in [-0.25, -0.2) is 4.79 Å². The summed E-state index contributed by atoms with van der Waals surface area (Å²) in [5, 5.41) is 11.7. The van der Waals surface area contributed by atoms with Crippen molar-refractivity contribution < 1.29 is 24.2 Å². The second-order valence-electron chi connectivity index (χ2n) is 8.89. The topological polar surface area (TPSA) is 95.9 Å². The third-order valence-corrected chi connectivity index (χ3v) is 6.50. The van der Waals surface area contributed by atoms with E-state index in [9.17, 15) is 14.4 Å². The Balaban J connectivity index is 1.69. The first kappa shape index (κ1) is 24.3. The van der Waals surface area contributed by atoms with Gasteiger partial charge in [-0.1, -0.05) is 62.4 Å². The van der Waals surface area contributed by atoms with Crippen LogP contribution in [0.15, 0.2) is 48.5 Å². The molecule has 1 aliphatic rings. The molecule has 0 saturated carbocycles. The molecule has 0 spiro atoms. The lowest BCUT2D eigenvalue weighted by Crippen LogP contribution is -2.51. The van der Waals surface area contributed by atoms with Crippen LogP contribution in [0, 0.1) is 5.92 Å². The van der Waals surface area contributed by atoms with Gasteiger partial charge >= 0.3 is 12.1 Å². The van der Waals surface area contributed by atoms with Crippen LogP contribution in [0.25, 0.3) is 11.1 Å². The highest BCUT2D eigenvalue weighted by atomic mass is 16.5. The highest BCUT2D eigenvalue weighted by Gasteiger charge is 2.31. The number of amides is 2. The second-order valence-corrected chi connectivity index (χ2v) is 8.89. The largest absolute Gasteiger partial charge is 0.481 e.